The molecular formula is C20H16N4O4S. The van der Waals surface area contributed by atoms with Gasteiger partial charge in [0.25, 0.3) is 5.69 Å². The Morgan fingerprint density at radius 3 is 2.69 bits per heavy atom. The van der Waals surface area contributed by atoms with Crippen molar-refractivity contribution in [3.63, 3.8) is 0 Å². The average molecular weight is 408 g/mol. The molecule has 1 aromatic heterocycles. The lowest BCUT2D eigenvalue weighted by atomic mass is 10.1. The van der Waals surface area contributed by atoms with Crippen LogP contribution in [0.1, 0.15) is 5.01 Å². The van der Waals surface area contributed by atoms with E-state index in [1.807, 2.05) is 29.6 Å². The normalized spacial score (nSPS) is 10.9. The van der Waals surface area contributed by atoms with E-state index in [9.17, 15) is 15.4 Å². The number of nitro groups is 1. The van der Waals surface area contributed by atoms with Gasteiger partial charge in [-0.25, -0.2) is 4.98 Å². The van der Waals surface area contributed by atoms with Crippen molar-refractivity contribution < 1.29 is 14.4 Å². The summed E-state index contributed by atoms with van der Waals surface area (Å²) in [5, 5.41) is 26.0. The van der Waals surface area contributed by atoms with Crippen molar-refractivity contribution in [2.45, 2.75) is 0 Å². The molecule has 0 spiro atoms. The molecule has 0 aliphatic carbocycles. The molecule has 0 unspecified atom stereocenters. The minimum absolute atomic E-state index is 0.158. The number of rotatable bonds is 7. The average Bonchev–Trinajstić information content (AvgIpc) is 3.24. The fourth-order valence-electron chi connectivity index (χ4n) is 2.52. The molecule has 3 aromatic rings. The van der Waals surface area contributed by atoms with Crippen LogP contribution in [0.3, 0.4) is 0 Å². The number of methoxy groups -OCH3 is 2. The first kappa shape index (κ1) is 19.9. The number of allylic oxidation sites excluding steroid dienone is 1. The van der Waals surface area contributed by atoms with Crippen LogP contribution in [0.2, 0.25) is 0 Å². The van der Waals surface area contributed by atoms with Crippen molar-refractivity contribution in [3.05, 3.63) is 69.2 Å². The third kappa shape index (κ3) is 4.51. The maximum absolute atomic E-state index is 11.3. The Morgan fingerprint density at radius 1 is 1.24 bits per heavy atom. The molecule has 1 N–H and O–H groups in total. The van der Waals surface area contributed by atoms with Gasteiger partial charge in [-0.15, -0.1) is 11.3 Å². The van der Waals surface area contributed by atoms with Crippen LogP contribution in [0.15, 0.2) is 54.0 Å². The number of hydrogen-bond acceptors (Lipinski definition) is 8. The van der Waals surface area contributed by atoms with Crippen LogP contribution in [-0.2, 0) is 0 Å². The molecule has 0 aliphatic heterocycles. The summed E-state index contributed by atoms with van der Waals surface area (Å²) in [6.45, 7) is 0. The Hall–Kier alpha value is -3.90. The van der Waals surface area contributed by atoms with E-state index in [0.717, 1.165) is 5.56 Å². The summed E-state index contributed by atoms with van der Waals surface area (Å²) in [7, 11) is 3.02. The smallest absolute Gasteiger partial charge is 0.296 e. The van der Waals surface area contributed by atoms with Gasteiger partial charge in [-0.1, -0.05) is 12.1 Å². The number of nitriles is 1. The van der Waals surface area contributed by atoms with Gasteiger partial charge < -0.3 is 14.8 Å². The van der Waals surface area contributed by atoms with E-state index in [1.165, 1.54) is 36.8 Å². The number of nitrogens with zero attached hydrogens (tertiary/aromatic N) is 3. The fourth-order valence-corrected chi connectivity index (χ4v) is 3.31. The molecule has 0 radical (unpaired) electrons. The third-order valence-electron chi connectivity index (χ3n) is 3.99. The predicted octanol–water partition coefficient (Wildman–Crippen LogP) is 4.71. The zero-order valence-electron chi connectivity index (χ0n) is 15.6. The van der Waals surface area contributed by atoms with E-state index >= 15 is 0 Å². The molecular weight excluding hydrogens is 392 g/mol. The molecule has 0 atom stereocenters. The molecule has 8 nitrogen and oxygen atoms in total. The quantitative estimate of drug-likeness (QED) is 0.342. The SMILES string of the molecule is COc1cccc(-c2csc(C(C#N)=CNc3ccc(OC)cc3[N+](=O)[O-])n2)c1. The Kier molecular flexibility index (Phi) is 6.06. The summed E-state index contributed by atoms with van der Waals surface area (Å²) in [5.41, 5.74) is 1.92. The summed E-state index contributed by atoms with van der Waals surface area (Å²) in [5.74, 6) is 1.08. The van der Waals surface area contributed by atoms with Gasteiger partial charge in [0, 0.05) is 17.1 Å². The summed E-state index contributed by atoms with van der Waals surface area (Å²) < 4.78 is 10.2. The lowest BCUT2D eigenvalue weighted by Crippen LogP contribution is -1.98. The van der Waals surface area contributed by atoms with Crippen molar-refractivity contribution in [1.82, 2.24) is 4.98 Å². The molecule has 0 amide bonds. The van der Waals surface area contributed by atoms with E-state index in [2.05, 4.69) is 16.4 Å². The second kappa shape index (κ2) is 8.86. The summed E-state index contributed by atoms with van der Waals surface area (Å²) in [6.07, 6.45) is 1.41. The minimum Gasteiger partial charge on any atom is -0.497 e. The zero-order chi connectivity index (χ0) is 20.8. The molecule has 3 rings (SSSR count). The molecule has 9 heteroatoms. The highest BCUT2D eigenvalue weighted by Crippen LogP contribution is 2.31. The summed E-state index contributed by atoms with van der Waals surface area (Å²) in [4.78, 5) is 15.3. The standard InChI is InChI=1S/C20H16N4O4S/c1-27-15-5-3-4-13(8-15)18-12-29-20(23-18)14(10-21)11-22-17-7-6-16(28-2)9-19(17)24(25)26/h3-9,11-12,22H,1-2H3. The Labute approximate surface area is 170 Å². The van der Waals surface area contributed by atoms with E-state index in [-0.39, 0.29) is 16.9 Å². The molecule has 0 fully saturated rings. The van der Waals surface area contributed by atoms with Crippen LogP contribution >= 0.6 is 11.3 Å². The Bertz CT molecular complexity index is 1120. The van der Waals surface area contributed by atoms with E-state index in [1.54, 1.807) is 13.2 Å². The van der Waals surface area contributed by atoms with E-state index < -0.39 is 4.92 Å². The van der Waals surface area contributed by atoms with Crippen molar-refractivity contribution in [2.24, 2.45) is 0 Å². The van der Waals surface area contributed by atoms with E-state index in [0.29, 0.717) is 22.2 Å². The maximum atomic E-state index is 11.3. The monoisotopic (exact) mass is 408 g/mol. The molecule has 1 heterocycles. The number of benzene rings is 2. The molecule has 0 saturated carbocycles. The molecule has 2 aromatic carbocycles. The van der Waals surface area contributed by atoms with Gasteiger partial charge in [0.05, 0.1) is 30.9 Å². The second-order valence-electron chi connectivity index (χ2n) is 5.72. The van der Waals surface area contributed by atoms with Crippen molar-refractivity contribution in [2.75, 3.05) is 19.5 Å². The highest BCUT2D eigenvalue weighted by Gasteiger charge is 2.15. The molecule has 0 aliphatic rings. The Balaban J connectivity index is 1.87. The van der Waals surface area contributed by atoms with Gasteiger partial charge in [-0.3, -0.25) is 10.1 Å². The lowest BCUT2D eigenvalue weighted by Gasteiger charge is -2.05. The van der Waals surface area contributed by atoms with Crippen molar-refractivity contribution in [1.29, 1.82) is 5.26 Å². The van der Waals surface area contributed by atoms with Crippen LogP contribution in [0, 0.1) is 21.4 Å². The van der Waals surface area contributed by atoms with Crippen LogP contribution in [0.25, 0.3) is 16.8 Å². The second-order valence-corrected chi connectivity index (χ2v) is 6.58. The fraction of sp³-hybridized carbons (Fsp3) is 0.100. The number of nitrogens with one attached hydrogen (secondary N) is 1. The first-order valence-corrected chi connectivity index (χ1v) is 9.23. The highest BCUT2D eigenvalue weighted by molar-refractivity contribution is 7.11. The number of ether oxygens (including phenoxy) is 2. The minimum atomic E-state index is -0.519. The van der Waals surface area contributed by atoms with Crippen LogP contribution in [-0.4, -0.2) is 24.1 Å². The van der Waals surface area contributed by atoms with Crippen molar-refractivity contribution in [3.8, 4) is 28.8 Å². The molecule has 146 valence electrons. The maximum Gasteiger partial charge on any atom is 0.296 e. The van der Waals surface area contributed by atoms with Gasteiger partial charge in [-0.05, 0) is 24.3 Å². The molecule has 29 heavy (non-hydrogen) atoms. The molecule has 0 saturated heterocycles. The topological polar surface area (TPSA) is 110 Å². The third-order valence-corrected chi connectivity index (χ3v) is 4.87. The van der Waals surface area contributed by atoms with Gasteiger partial charge >= 0.3 is 0 Å². The zero-order valence-corrected chi connectivity index (χ0v) is 16.4. The van der Waals surface area contributed by atoms with E-state index in [4.69, 9.17) is 9.47 Å². The van der Waals surface area contributed by atoms with Crippen molar-refractivity contribution >= 4 is 28.3 Å². The summed E-state index contributed by atoms with van der Waals surface area (Å²) >= 11 is 1.31. The van der Waals surface area contributed by atoms with Crippen LogP contribution in [0.4, 0.5) is 11.4 Å². The predicted molar refractivity (Wildman–Crippen MR) is 111 cm³/mol. The van der Waals surface area contributed by atoms with Crippen LogP contribution in [0.5, 0.6) is 11.5 Å². The number of nitro benzene ring substituents is 1. The number of thiazole rings is 1. The number of aromatic nitrogens is 1. The largest absolute Gasteiger partial charge is 0.497 e. The van der Waals surface area contributed by atoms with Crippen LogP contribution < -0.4 is 14.8 Å². The van der Waals surface area contributed by atoms with Gasteiger partial charge in [0.1, 0.15) is 33.8 Å². The van der Waals surface area contributed by atoms with Gasteiger partial charge in [-0.2, -0.15) is 5.26 Å². The molecule has 0 bridgehead atoms. The van der Waals surface area contributed by atoms with Gasteiger partial charge in [0.15, 0.2) is 0 Å². The van der Waals surface area contributed by atoms with Gasteiger partial charge in [0.2, 0.25) is 0 Å². The number of hydrogen-bond donors (Lipinski definition) is 1. The first-order valence-electron chi connectivity index (χ1n) is 8.35. The lowest BCUT2D eigenvalue weighted by molar-refractivity contribution is -0.384. The Morgan fingerprint density at radius 2 is 2.00 bits per heavy atom. The highest BCUT2D eigenvalue weighted by atomic mass is 32.1. The number of anilines is 1. The summed E-state index contributed by atoms with van der Waals surface area (Å²) in [6, 6.07) is 14.0. The first-order chi connectivity index (χ1) is 14.0.